The highest BCUT2D eigenvalue weighted by Gasteiger charge is 2.28. The van der Waals surface area contributed by atoms with E-state index in [1.807, 2.05) is 0 Å². The molecule has 2 saturated carbocycles. The van der Waals surface area contributed by atoms with Gasteiger partial charge in [0.05, 0.1) is 0 Å². The minimum absolute atomic E-state index is 0.535. The number of rotatable bonds is 2. The maximum Gasteiger partial charge on any atom is 0.00672 e. The summed E-state index contributed by atoms with van der Waals surface area (Å²) in [6.07, 6.45) is 11.4. The summed E-state index contributed by atoms with van der Waals surface area (Å²) < 4.78 is 0. The van der Waals surface area contributed by atoms with Gasteiger partial charge in [-0.25, -0.2) is 0 Å². The molecule has 2 unspecified atom stereocenters. The van der Waals surface area contributed by atoms with Crippen LogP contribution in [0.25, 0.3) is 0 Å². The van der Waals surface area contributed by atoms with E-state index in [0.717, 1.165) is 11.8 Å². The zero-order valence-corrected chi connectivity index (χ0v) is 7.97. The molecular formula is C11H21N. The summed E-state index contributed by atoms with van der Waals surface area (Å²) in [4.78, 5) is 0. The predicted octanol–water partition coefficient (Wildman–Crippen LogP) is 2.69. The van der Waals surface area contributed by atoms with Gasteiger partial charge in [0.2, 0.25) is 0 Å². The molecule has 70 valence electrons. The van der Waals surface area contributed by atoms with Gasteiger partial charge in [-0.15, -0.1) is 0 Å². The van der Waals surface area contributed by atoms with Gasteiger partial charge in [0.15, 0.2) is 0 Å². The van der Waals surface area contributed by atoms with Gasteiger partial charge >= 0.3 is 0 Å². The van der Waals surface area contributed by atoms with Crippen LogP contribution in [0.15, 0.2) is 0 Å². The summed E-state index contributed by atoms with van der Waals surface area (Å²) in [6, 6.07) is 0.535. The molecule has 0 heterocycles. The average molecular weight is 167 g/mol. The number of hydrogen-bond donors (Lipinski definition) is 1. The van der Waals surface area contributed by atoms with E-state index in [-0.39, 0.29) is 0 Å². The molecule has 0 amide bonds. The van der Waals surface area contributed by atoms with Crippen molar-refractivity contribution >= 4 is 0 Å². The van der Waals surface area contributed by atoms with Crippen molar-refractivity contribution in [3.05, 3.63) is 0 Å². The van der Waals surface area contributed by atoms with Gasteiger partial charge in [-0.05, 0) is 31.1 Å². The van der Waals surface area contributed by atoms with Crippen molar-refractivity contribution in [2.75, 3.05) is 0 Å². The third-order valence-corrected chi connectivity index (χ3v) is 3.55. The molecule has 0 saturated heterocycles. The molecule has 2 aliphatic carbocycles. The first-order valence-corrected chi connectivity index (χ1v) is 5.62. The highest BCUT2D eigenvalue weighted by atomic mass is 14.7. The van der Waals surface area contributed by atoms with E-state index in [0.29, 0.717) is 6.04 Å². The third-order valence-electron chi connectivity index (χ3n) is 3.55. The van der Waals surface area contributed by atoms with Crippen molar-refractivity contribution < 1.29 is 0 Å². The Labute approximate surface area is 75.7 Å². The maximum absolute atomic E-state index is 6.16. The fraction of sp³-hybridized carbons (Fsp3) is 1.00. The van der Waals surface area contributed by atoms with Gasteiger partial charge in [-0.3, -0.25) is 0 Å². The number of nitrogens with two attached hydrogens (primary N) is 1. The standard InChI is InChI=1S/C11H21N/c12-11-5-3-1-2-4-10(11)8-9-6-7-9/h9-11H,1-8,12H2. The molecule has 2 aliphatic rings. The summed E-state index contributed by atoms with van der Waals surface area (Å²) >= 11 is 0. The normalized spacial score (nSPS) is 37.8. The first-order valence-electron chi connectivity index (χ1n) is 5.62. The predicted molar refractivity (Wildman–Crippen MR) is 51.9 cm³/mol. The van der Waals surface area contributed by atoms with E-state index < -0.39 is 0 Å². The Kier molecular flexibility index (Phi) is 2.69. The molecule has 1 nitrogen and oxygen atoms in total. The summed E-state index contributed by atoms with van der Waals surface area (Å²) in [5, 5.41) is 0. The highest BCUT2D eigenvalue weighted by molar-refractivity contribution is 4.83. The van der Waals surface area contributed by atoms with Crippen LogP contribution in [0.1, 0.15) is 51.4 Å². The molecule has 2 N–H and O–H groups in total. The zero-order valence-electron chi connectivity index (χ0n) is 7.97. The quantitative estimate of drug-likeness (QED) is 0.629. The van der Waals surface area contributed by atoms with Crippen LogP contribution < -0.4 is 5.73 Å². The van der Waals surface area contributed by atoms with Crippen LogP contribution >= 0.6 is 0 Å². The molecule has 12 heavy (non-hydrogen) atoms. The third kappa shape index (κ3) is 2.22. The van der Waals surface area contributed by atoms with Crippen molar-refractivity contribution in [1.29, 1.82) is 0 Å². The van der Waals surface area contributed by atoms with E-state index in [2.05, 4.69) is 0 Å². The second-order valence-corrected chi connectivity index (χ2v) is 4.74. The van der Waals surface area contributed by atoms with E-state index in [1.165, 1.54) is 51.4 Å². The van der Waals surface area contributed by atoms with Crippen LogP contribution in [-0.4, -0.2) is 6.04 Å². The molecule has 2 fully saturated rings. The Bertz CT molecular complexity index is 140. The van der Waals surface area contributed by atoms with Gasteiger partial charge in [-0.1, -0.05) is 32.1 Å². The molecule has 1 heteroatoms. The monoisotopic (exact) mass is 167 g/mol. The second kappa shape index (κ2) is 3.78. The highest BCUT2D eigenvalue weighted by Crippen LogP contribution is 2.38. The lowest BCUT2D eigenvalue weighted by atomic mass is 9.90. The maximum atomic E-state index is 6.16. The van der Waals surface area contributed by atoms with E-state index in [1.54, 1.807) is 0 Å². The molecule has 2 atom stereocenters. The average Bonchev–Trinajstić information content (AvgIpc) is 2.84. The lowest BCUT2D eigenvalue weighted by Gasteiger charge is -2.20. The Hall–Kier alpha value is -0.0400. The van der Waals surface area contributed by atoms with Crippen molar-refractivity contribution in [3.8, 4) is 0 Å². The Balaban J connectivity index is 1.81. The van der Waals surface area contributed by atoms with Gasteiger partial charge in [0.1, 0.15) is 0 Å². The van der Waals surface area contributed by atoms with Crippen LogP contribution in [0.5, 0.6) is 0 Å². The van der Waals surface area contributed by atoms with E-state index in [9.17, 15) is 0 Å². The summed E-state index contributed by atoms with van der Waals surface area (Å²) in [5.41, 5.74) is 6.16. The zero-order chi connectivity index (χ0) is 8.39. The molecule has 0 bridgehead atoms. The van der Waals surface area contributed by atoms with Crippen LogP contribution in [0.3, 0.4) is 0 Å². The second-order valence-electron chi connectivity index (χ2n) is 4.74. The molecule has 0 radical (unpaired) electrons. The Morgan fingerprint density at radius 1 is 0.917 bits per heavy atom. The van der Waals surface area contributed by atoms with Gasteiger partial charge in [0, 0.05) is 6.04 Å². The van der Waals surface area contributed by atoms with Crippen LogP contribution in [0, 0.1) is 11.8 Å². The lowest BCUT2D eigenvalue weighted by Crippen LogP contribution is -2.29. The fourth-order valence-corrected chi connectivity index (χ4v) is 2.49. The van der Waals surface area contributed by atoms with Crippen LogP contribution in [0.2, 0.25) is 0 Å². The van der Waals surface area contributed by atoms with E-state index >= 15 is 0 Å². The molecule has 0 spiro atoms. The van der Waals surface area contributed by atoms with Crippen molar-refractivity contribution in [1.82, 2.24) is 0 Å². The summed E-state index contributed by atoms with van der Waals surface area (Å²) in [7, 11) is 0. The first kappa shape index (κ1) is 8.55. The molecule has 0 aromatic carbocycles. The largest absolute Gasteiger partial charge is 0.327 e. The molecule has 0 aliphatic heterocycles. The van der Waals surface area contributed by atoms with Gasteiger partial charge < -0.3 is 5.73 Å². The summed E-state index contributed by atoms with van der Waals surface area (Å²) in [6.45, 7) is 0. The van der Waals surface area contributed by atoms with Gasteiger partial charge in [0.25, 0.3) is 0 Å². The smallest absolute Gasteiger partial charge is 0.00672 e. The molecule has 2 rings (SSSR count). The van der Waals surface area contributed by atoms with E-state index in [4.69, 9.17) is 5.73 Å². The van der Waals surface area contributed by atoms with Crippen molar-refractivity contribution in [2.24, 2.45) is 17.6 Å². The Morgan fingerprint density at radius 3 is 2.42 bits per heavy atom. The fourth-order valence-electron chi connectivity index (χ4n) is 2.49. The van der Waals surface area contributed by atoms with Gasteiger partial charge in [-0.2, -0.15) is 0 Å². The molecule has 0 aromatic rings. The number of hydrogen-bond acceptors (Lipinski definition) is 1. The van der Waals surface area contributed by atoms with Crippen LogP contribution in [-0.2, 0) is 0 Å². The minimum Gasteiger partial charge on any atom is -0.327 e. The van der Waals surface area contributed by atoms with Crippen molar-refractivity contribution in [2.45, 2.75) is 57.4 Å². The Morgan fingerprint density at radius 2 is 1.67 bits per heavy atom. The van der Waals surface area contributed by atoms with Crippen LogP contribution in [0.4, 0.5) is 0 Å². The minimum atomic E-state index is 0.535. The summed E-state index contributed by atoms with van der Waals surface area (Å²) in [5.74, 6) is 1.94. The molecular weight excluding hydrogens is 146 g/mol. The first-order chi connectivity index (χ1) is 5.86. The van der Waals surface area contributed by atoms with Crippen molar-refractivity contribution in [3.63, 3.8) is 0 Å². The topological polar surface area (TPSA) is 26.0 Å². The lowest BCUT2D eigenvalue weighted by molar-refractivity contribution is 0.355. The SMILES string of the molecule is NC1CCCCCC1CC1CC1. The molecule has 0 aromatic heterocycles.